The predicted octanol–water partition coefficient (Wildman–Crippen LogP) is 4.80. The smallest absolute Gasteiger partial charge is 0.407 e. The summed E-state index contributed by atoms with van der Waals surface area (Å²) in [5.74, 6) is -0.565. The number of hydrogen-bond acceptors (Lipinski definition) is 4. The highest BCUT2D eigenvalue weighted by Crippen LogP contribution is 2.44. The molecule has 7 heteroatoms. The maximum Gasteiger partial charge on any atom is 0.407 e. The zero-order valence-electron chi connectivity index (χ0n) is 20.2. The number of nitrogens with zero attached hydrogens (tertiary/aromatic N) is 1. The molecule has 2 aliphatic rings. The van der Waals surface area contributed by atoms with Crippen molar-refractivity contribution in [1.29, 1.82) is 0 Å². The van der Waals surface area contributed by atoms with Crippen molar-refractivity contribution in [3.8, 4) is 11.1 Å². The molecule has 1 aliphatic heterocycles. The number of nitrogens with one attached hydrogen (secondary N) is 1. The van der Waals surface area contributed by atoms with Crippen LogP contribution in [0.5, 0.6) is 0 Å². The Hall–Kier alpha value is -3.35. The van der Waals surface area contributed by atoms with Gasteiger partial charge < -0.3 is 20.1 Å². The molecule has 2 N–H and O–H groups in total. The number of fused-ring (bicyclic) bond motifs is 3. The van der Waals surface area contributed by atoms with Gasteiger partial charge >= 0.3 is 12.1 Å². The number of benzene rings is 2. The molecule has 0 saturated carbocycles. The minimum atomic E-state index is -0.788. The van der Waals surface area contributed by atoms with E-state index in [0.29, 0.717) is 31.8 Å². The van der Waals surface area contributed by atoms with Gasteiger partial charge in [-0.25, -0.2) is 4.79 Å². The van der Waals surface area contributed by atoms with Crippen LogP contribution in [0.2, 0.25) is 0 Å². The van der Waals surface area contributed by atoms with Gasteiger partial charge in [-0.3, -0.25) is 9.59 Å². The summed E-state index contributed by atoms with van der Waals surface area (Å²) in [6, 6.07) is 15.8. The lowest BCUT2D eigenvalue weighted by atomic mass is 9.92. The summed E-state index contributed by atoms with van der Waals surface area (Å²) in [5.41, 5.74) is 4.64. The highest BCUT2D eigenvalue weighted by Gasteiger charge is 2.35. The summed E-state index contributed by atoms with van der Waals surface area (Å²) in [6.45, 7) is 3.50. The number of carbonyl (C=O) groups is 3. The molecule has 1 unspecified atom stereocenters. The van der Waals surface area contributed by atoms with Crippen molar-refractivity contribution in [1.82, 2.24) is 10.2 Å². The average Bonchev–Trinajstić information content (AvgIpc) is 3.15. The molecule has 1 atom stereocenters. The first kappa shape index (κ1) is 24.8. The van der Waals surface area contributed by atoms with Crippen molar-refractivity contribution < 1.29 is 24.2 Å². The largest absolute Gasteiger partial charge is 0.481 e. The zero-order chi connectivity index (χ0) is 24.8. The summed E-state index contributed by atoms with van der Waals surface area (Å²) >= 11 is 0. The highest BCUT2D eigenvalue weighted by atomic mass is 16.5. The Balaban J connectivity index is 1.31. The molecule has 0 radical (unpaired) electrons. The number of ether oxygens (including phenoxy) is 1. The molecule has 0 bridgehead atoms. The SMILES string of the molecule is CCCCC(NC(=O)OCC1c2ccccc2-c2ccccc21)C(=O)N1CC(CCCC(=O)O)C1. The summed E-state index contributed by atoms with van der Waals surface area (Å²) in [7, 11) is 0. The number of carboxylic acids is 1. The van der Waals surface area contributed by atoms with Crippen LogP contribution in [0.15, 0.2) is 48.5 Å². The molecule has 4 rings (SSSR count). The van der Waals surface area contributed by atoms with Crippen molar-refractivity contribution in [2.45, 2.75) is 57.4 Å². The van der Waals surface area contributed by atoms with Gasteiger partial charge in [0.05, 0.1) is 0 Å². The van der Waals surface area contributed by atoms with Crippen LogP contribution in [0.1, 0.15) is 62.5 Å². The van der Waals surface area contributed by atoms with E-state index in [9.17, 15) is 14.4 Å². The zero-order valence-corrected chi connectivity index (χ0v) is 20.2. The molecule has 2 aromatic carbocycles. The number of carbonyl (C=O) groups excluding carboxylic acids is 2. The standard InChI is InChI=1S/C28H34N2O5/c1-2-3-14-25(27(33)30-16-19(17-30)9-8-15-26(31)32)29-28(34)35-18-24-22-12-6-4-10-20(22)21-11-5-7-13-23(21)24/h4-7,10-13,19,24-25H,2-3,8-9,14-18H2,1H3,(H,29,34)(H,31,32). The highest BCUT2D eigenvalue weighted by molar-refractivity contribution is 5.86. The van der Waals surface area contributed by atoms with E-state index in [4.69, 9.17) is 9.84 Å². The van der Waals surface area contributed by atoms with Gasteiger partial charge in [0, 0.05) is 25.4 Å². The number of aliphatic carboxylic acids is 1. The van der Waals surface area contributed by atoms with E-state index in [-0.39, 0.29) is 24.9 Å². The summed E-state index contributed by atoms with van der Waals surface area (Å²) < 4.78 is 5.65. The third-order valence-corrected chi connectivity index (χ3v) is 7.05. The number of rotatable bonds is 11. The Bertz CT molecular complexity index is 1020. The lowest BCUT2D eigenvalue weighted by molar-refractivity contribution is -0.141. The van der Waals surface area contributed by atoms with Crippen LogP contribution >= 0.6 is 0 Å². The van der Waals surface area contributed by atoms with Crippen LogP contribution in [0.25, 0.3) is 11.1 Å². The number of unbranched alkanes of at least 4 members (excludes halogenated alkanes) is 1. The Labute approximate surface area is 206 Å². The molecule has 1 fully saturated rings. The van der Waals surface area contributed by atoms with E-state index in [2.05, 4.69) is 36.5 Å². The normalized spacial score (nSPS) is 15.6. The number of carboxylic acid groups (broad SMARTS) is 1. The van der Waals surface area contributed by atoms with Crippen molar-refractivity contribution in [2.75, 3.05) is 19.7 Å². The van der Waals surface area contributed by atoms with Crippen molar-refractivity contribution in [2.24, 2.45) is 5.92 Å². The first-order chi connectivity index (χ1) is 17.0. The Kier molecular flexibility index (Phi) is 8.06. The van der Waals surface area contributed by atoms with Gasteiger partial charge in [-0.05, 0) is 47.4 Å². The topological polar surface area (TPSA) is 95.9 Å². The fraction of sp³-hybridized carbons (Fsp3) is 0.464. The first-order valence-electron chi connectivity index (χ1n) is 12.6. The van der Waals surface area contributed by atoms with Gasteiger partial charge in [0.25, 0.3) is 0 Å². The Morgan fingerprint density at radius 3 is 2.26 bits per heavy atom. The average molecular weight is 479 g/mol. The summed E-state index contributed by atoms with van der Waals surface area (Å²) in [4.78, 5) is 38.2. The second kappa shape index (κ2) is 11.4. The summed E-state index contributed by atoms with van der Waals surface area (Å²) in [5, 5.41) is 11.6. The molecule has 0 spiro atoms. The number of alkyl carbamates (subject to hydrolysis) is 1. The molecule has 0 aromatic heterocycles. The molecule has 1 heterocycles. The molecule has 1 aliphatic carbocycles. The molecule has 7 nitrogen and oxygen atoms in total. The molecule has 1 saturated heterocycles. The van der Waals surface area contributed by atoms with Crippen LogP contribution in [0, 0.1) is 5.92 Å². The van der Waals surface area contributed by atoms with Crippen LogP contribution in [-0.2, 0) is 14.3 Å². The van der Waals surface area contributed by atoms with Gasteiger partial charge in [0.2, 0.25) is 5.91 Å². The maximum atomic E-state index is 13.0. The minimum absolute atomic E-state index is 0.0279. The van der Waals surface area contributed by atoms with Crippen LogP contribution < -0.4 is 5.32 Å². The molecular formula is C28H34N2O5. The second-order valence-electron chi connectivity index (χ2n) is 9.56. The van der Waals surface area contributed by atoms with Crippen LogP contribution in [0.4, 0.5) is 4.79 Å². The summed E-state index contributed by atoms with van der Waals surface area (Å²) in [6.07, 6.45) is 3.34. The van der Waals surface area contributed by atoms with Crippen molar-refractivity contribution >= 4 is 18.0 Å². The molecule has 35 heavy (non-hydrogen) atoms. The van der Waals surface area contributed by atoms with Gasteiger partial charge in [-0.15, -0.1) is 0 Å². The molecule has 2 aromatic rings. The third kappa shape index (κ3) is 5.84. The van der Waals surface area contributed by atoms with Gasteiger partial charge in [0.15, 0.2) is 0 Å². The first-order valence-corrected chi connectivity index (χ1v) is 12.6. The predicted molar refractivity (Wildman–Crippen MR) is 133 cm³/mol. The van der Waals surface area contributed by atoms with Gasteiger partial charge in [0.1, 0.15) is 12.6 Å². The van der Waals surface area contributed by atoms with Gasteiger partial charge in [-0.1, -0.05) is 68.3 Å². The lowest BCUT2D eigenvalue weighted by Crippen LogP contribution is -2.57. The van der Waals surface area contributed by atoms with Crippen molar-refractivity contribution in [3.05, 3.63) is 59.7 Å². The monoisotopic (exact) mass is 478 g/mol. The maximum absolute atomic E-state index is 13.0. The van der Waals surface area contributed by atoms with Crippen LogP contribution in [-0.4, -0.2) is 53.7 Å². The molecule has 2 amide bonds. The fourth-order valence-electron chi connectivity index (χ4n) is 5.14. The van der Waals surface area contributed by atoms with Crippen molar-refractivity contribution in [3.63, 3.8) is 0 Å². The Morgan fingerprint density at radius 1 is 1.03 bits per heavy atom. The second-order valence-corrected chi connectivity index (χ2v) is 9.56. The minimum Gasteiger partial charge on any atom is -0.481 e. The van der Waals surface area contributed by atoms with Crippen LogP contribution in [0.3, 0.4) is 0 Å². The van der Waals surface area contributed by atoms with E-state index < -0.39 is 18.1 Å². The fourth-order valence-corrected chi connectivity index (χ4v) is 5.14. The Morgan fingerprint density at radius 2 is 1.66 bits per heavy atom. The quantitative estimate of drug-likeness (QED) is 0.484. The van der Waals surface area contributed by atoms with E-state index in [0.717, 1.165) is 30.4 Å². The van der Waals surface area contributed by atoms with E-state index in [1.165, 1.54) is 11.1 Å². The molecular weight excluding hydrogens is 444 g/mol. The van der Waals surface area contributed by atoms with E-state index in [1.807, 2.05) is 24.3 Å². The van der Waals surface area contributed by atoms with E-state index >= 15 is 0 Å². The number of amides is 2. The third-order valence-electron chi connectivity index (χ3n) is 7.05. The lowest BCUT2D eigenvalue weighted by Gasteiger charge is -2.41. The molecule has 186 valence electrons. The number of hydrogen-bond donors (Lipinski definition) is 2. The number of likely N-dealkylation sites (tertiary alicyclic amines) is 1. The van der Waals surface area contributed by atoms with E-state index in [1.54, 1.807) is 4.90 Å². The van der Waals surface area contributed by atoms with Gasteiger partial charge in [-0.2, -0.15) is 0 Å².